The average Bonchev–Trinajstić information content (AvgIpc) is 2.97. The van der Waals surface area contributed by atoms with Crippen molar-refractivity contribution in [3.05, 3.63) is 41.0 Å². The van der Waals surface area contributed by atoms with Crippen molar-refractivity contribution in [2.75, 3.05) is 13.1 Å². The Bertz CT molecular complexity index is 636. The highest BCUT2D eigenvalue weighted by Crippen LogP contribution is 2.24. The number of aromatic nitrogens is 1. The number of rotatable bonds is 2. The van der Waals surface area contributed by atoms with Gasteiger partial charge < -0.3 is 9.42 Å². The summed E-state index contributed by atoms with van der Waals surface area (Å²) in [5.74, 6) is 1.08. The van der Waals surface area contributed by atoms with Crippen molar-refractivity contribution in [2.45, 2.75) is 19.8 Å². The van der Waals surface area contributed by atoms with Crippen molar-refractivity contribution in [2.24, 2.45) is 5.92 Å². The third-order valence-corrected chi connectivity index (χ3v) is 4.05. The van der Waals surface area contributed by atoms with Crippen molar-refractivity contribution in [1.29, 1.82) is 0 Å². The van der Waals surface area contributed by atoms with Crippen LogP contribution in [0.15, 0.2) is 34.9 Å². The van der Waals surface area contributed by atoms with E-state index in [4.69, 9.17) is 16.1 Å². The fourth-order valence-corrected chi connectivity index (χ4v) is 2.79. The molecule has 3 rings (SSSR count). The molecule has 0 unspecified atom stereocenters. The lowest BCUT2D eigenvalue weighted by Gasteiger charge is -2.30. The van der Waals surface area contributed by atoms with Gasteiger partial charge in [-0.15, -0.1) is 0 Å². The normalized spacial score (nSPS) is 18.8. The molecule has 0 radical (unpaired) electrons. The zero-order valence-corrected chi connectivity index (χ0v) is 12.6. The van der Waals surface area contributed by atoms with Gasteiger partial charge in [0.25, 0.3) is 5.91 Å². The summed E-state index contributed by atoms with van der Waals surface area (Å²) in [6, 6.07) is 8.96. The van der Waals surface area contributed by atoms with Gasteiger partial charge in [0.05, 0.1) is 0 Å². The molecule has 1 atom stereocenters. The van der Waals surface area contributed by atoms with Crippen LogP contribution in [0.1, 0.15) is 30.3 Å². The first-order chi connectivity index (χ1) is 10.1. The first-order valence-electron chi connectivity index (χ1n) is 7.15. The Balaban J connectivity index is 1.78. The van der Waals surface area contributed by atoms with Gasteiger partial charge >= 0.3 is 0 Å². The molecule has 4 nitrogen and oxygen atoms in total. The number of benzene rings is 1. The minimum Gasteiger partial charge on any atom is -0.355 e. The smallest absolute Gasteiger partial charge is 0.276 e. The molecule has 1 aromatic heterocycles. The molecule has 1 aliphatic rings. The minimum atomic E-state index is -0.0505. The van der Waals surface area contributed by atoms with Crippen molar-refractivity contribution in [3.8, 4) is 11.3 Å². The van der Waals surface area contributed by atoms with E-state index in [0.717, 1.165) is 25.1 Å². The molecule has 0 bridgehead atoms. The summed E-state index contributed by atoms with van der Waals surface area (Å²) in [6.45, 7) is 3.76. The highest BCUT2D eigenvalue weighted by atomic mass is 35.5. The topological polar surface area (TPSA) is 46.3 Å². The number of piperidine rings is 1. The van der Waals surface area contributed by atoms with Gasteiger partial charge in [0, 0.05) is 29.7 Å². The summed E-state index contributed by atoms with van der Waals surface area (Å²) in [5.41, 5.74) is 1.23. The molecule has 110 valence electrons. The van der Waals surface area contributed by atoms with Crippen LogP contribution in [0.5, 0.6) is 0 Å². The third-order valence-electron chi connectivity index (χ3n) is 3.80. The molecule has 1 aromatic carbocycles. The number of nitrogens with zero attached hydrogens (tertiary/aromatic N) is 2. The van der Waals surface area contributed by atoms with Gasteiger partial charge in [0.15, 0.2) is 11.5 Å². The average molecular weight is 305 g/mol. The first kappa shape index (κ1) is 14.1. The van der Waals surface area contributed by atoms with Gasteiger partial charge in [-0.2, -0.15) is 0 Å². The van der Waals surface area contributed by atoms with Crippen molar-refractivity contribution >= 4 is 17.5 Å². The second-order valence-corrected chi connectivity index (χ2v) is 6.02. The number of hydrogen-bond donors (Lipinski definition) is 0. The molecule has 21 heavy (non-hydrogen) atoms. The van der Waals surface area contributed by atoms with Crippen LogP contribution in [0.4, 0.5) is 0 Å². The van der Waals surface area contributed by atoms with Crippen molar-refractivity contribution < 1.29 is 9.32 Å². The zero-order valence-electron chi connectivity index (χ0n) is 11.9. The first-order valence-corrected chi connectivity index (χ1v) is 7.53. The molecule has 0 saturated carbocycles. The van der Waals surface area contributed by atoms with Gasteiger partial charge in [-0.05, 0) is 43.0 Å². The highest BCUT2D eigenvalue weighted by molar-refractivity contribution is 6.30. The van der Waals surface area contributed by atoms with E-state index in [1.165, 1.54) is 6.42 Å². The fraction of sp³-hybridized carbons (Fsp3) is 0.375. The zero-order chi connectivity index (χ0) is 14.8. The molecule has 2 heterocycles. The summed E-state index contributed by atoms with van der Waals surface area (Å²) in [6.07, 6.45) is 2.23. The van der Waals surface area contributed by atoms with Crippen LogP contribution in [-0.4, -0.2) is 29.1 Å². The van der Waals surface area contributed by atoms with E-state index in [1.54, 1.807) is 18.2 Å². The van der Waals surface area contributed by atoms with E-state index in [-0.39, 0.29) is 5.91 Å². The number of hydrogen-bond acceptors (Lipinski definition) is 3. The minimum absolute atomic E-state index is 0.0505. The Kier molecular flexibility index (Phi) is 3.97. The molecule has 2 aromatic rings. The standard InChI is InChI=1S/C16H17ClN2O2/c1-11-3-2-8-19(10-11)16(20)14-9-15(21-18-14)12-4-6-13(17)7-5-12/h4-7,9,11H,2-3,8,10H2,1H3/t11-/m1/s1. The summed E-state index contributed by atoms with van der Waals surface area (Å²) < 4.78 is 5.29. The number of amides is 1. The lowest BCUT2D eigenvalue weighted by atomic mass is 10.00. The summed E-state index contributed by atoms with van der Waals surface area (Å²) in [5, 5.41) is 4.58. The Morgan fingerprint density at radius 2 is 2.14 bits per heavy atom. The SMILES string of the molecule is C[C@@H]1CCCN(C(=O)c2cc(-c3ccc(Cl)cc3)on2)C1. The van der Waals surface area contributed by atoms with E-state index in [1.807, 2.05) is 17.0 Å². The Hall–Kier alpha value is -1.81. The van der Waals surface area contributed by atoms with Crippen LogP contribution in [0.3, 0.4) is 0 Å². The van der Waals surface area contributed by atoms with Crippen LogP contribution in [0, 0.1) is 5.92 Å². The summed E-state index contributed by atoms with van der Waals surface area (Å²) in [7, 11) is 0. The lowest BCUT2D eigenvalue weighted by Crippen LogP contribution is -2.39. The molecule has 1 amide bonds. The van der Waals surface area contributed by atoms with Crippen molar-refractivity contribution in [1.82, 2.24) is 10.1 Å². The predicted molar refractivity (Wildman–Crippen MR) is 81.3 cm³/mol. The Morgan fingerprint density at radius 3 is 2.86 bits per heavy atom. The number of likely N-dealkylation sites (tertiary alicyclic amines) is 1. The largest absolute Gasteiger partial charge is 0.355 e. The van der Waals surface area contributed by atoms with E-state index < -0.39 is 0 Å². The molecule has 5 heteroatoms. The molecule has 1 fully saturated rings. The van der Waals surface area contributed by atoms with Crippen LogP contribution < -0.4 is 0 Å². The van der Waals surface area contributed by atoms with Crippen LogP contribution in [-0.2, 0) is 0 Å². The van der Waals surface area contributed by atoms with Gasteiger partial charge in [-0.25, -0.2) is 0 Å². The quantitative estimate of drug-likeness (QED) is 0.846. The number of carbonyl (C=O) groups excluding carboxylic acids is 1. The maximum Gasteiger partial charge on any atom is 0.276 e. The predicted octanol–water partition coefficient (Wildman–Crippen LogP) is 3.87. The van der Waals surface area contributed by atoms with Gasteiger partial charge in [0.1, 0.15) is 0 Å². The molecular weight excluding hydrogens is 288 g/mol. The van der Waals surface area contributed by atoms with Crippen LogP contribution >= 0.6 is 11.6 Å². The maximum atomic E-state index is 12.4. The van der Waals surface area contributed by atoms with E-state index in [0.29, 0.717) is 22.4 Å². The van der Waals surface area contributed by atoms with Gasteiger partial charge in [-0.1, -0.05) is 23.7 Å². The van der Waals surface area contributed by atoms with E-state index in [2.05, 4.69) is 12.1 Å². The Morgan fingerprint density at radius 1 is 1.38 bits per heavy atom. The lowest BCUT2D eigenvalue weighted by molar-refractivity contribution is 0.0672. The molecule has 1 saturated heterocycles. The number of halogens is 1. The monoisotopic (exact) mass is 304 g/mol. The van der Waals surface area contributed by atoms with Gasteiger partial charge in [-0.3, -0.25) is 4.79 Å². The highest BCUT2D eigenvalue weighted by Gasteiger charge is 2.24. The molecule has 0 aliphatic carbocycles. The molecule has 0 N–H and O–H groups in total. The maximum absolute atomic E-state index is 12.4. The second-order valence-electron chi connectivity index (χ2n) is 5.58. The van der Waals surface area contributed by atoms with E-state index >= 15 is 0 Å². The van der Waals surface area contributed by atoms with Crippen LogP contribution in [0.25, 0.3) is 11.3 Å². The molecular formula is C16H17ClN2O2. The number of carbonyl (C=O) groups is 1. The van der Waals surface area contributed by atoms with Crippen molar-refractivity contribution in [3.63, 3.8) is 0 Å². The fourth-order valence-electron chi connectivity index (χ4n) is 2.66. The molecule has 1 aliphatic heterocycles. The second kappa shape index (κ2) is 5.90. The van der Waals surface area contributed by atoms with E-state index in [9.17, 15) is 4.79 Å². The van der Waals surface area contributed by atoms with Crippen LogP contribution in [0.2, 0.25) is 5.02 Å². The summed E-state index contributed by atoms with van der Waals surface area (Å²) in [4.78, 5) is 14.3. The third kappa shape index (κ3) is 3.10. The van der Waals surface area contributed by atoms with Gasteiger partial charge in [0.2, 0.25) is 0 Å². The Labute approximate surface area is 128 Å². The molecule has 0 spiro atoms. The summed E-state index contributed by atoms with van der Waals surface area (Å²) >= 11 is 5.86.